The molecule has 1 aliphatic rings. The molecule has 4 aromatic rings. The lowest BCUT2D eigenvalue weighted by Crippen LogP contribution is -2.28. The van der Waals surface area contributed by atoms with E-state index in [0.717, 1.165) is 26.0 Å². The van der Waals surface area contributed by atoms with Gasteiger partial charge in [0.1, 0.15) is 11.2 Å². The highest BCUT2D eigenvalue weighted by molar-refractivity contribution is 8.19. The van der Waals surface area contributed by atoms with Gasteiger partial charge in [0, 0.05) is 0 Å². The fourth-order valence-corrected chi connectivity index (χ4v) is 6.12. The largest absolute Gasteiger partial charge is 0.500 e. The van der Waals surface area contributed by atoms with Crippen LogP contribution in [0.1, 0.15) is 18.1 Å². The lowest BCUT2D eigenvalue weighted by molar-refractivity contribution is -0.113. The van der Waals surface area contributed by atoms with E-state index in [1.54, 1.807) is 4.90 Å². The van der Waals surface area contributed by atoms with E-state index >= 15 is 0 Å². The van der Waals surface area contributed by atoms with Gasteiger partial charge in [0.05, 0.1) is 27.0 Å². The summed E-state index contributed by atoms with van der Waals surface area (Å²) in [7, 11) is 0. The van der Waals surface area contributed by atoms with Crippen LogP contribution in [0, 0.1) is 13.8 Å². The number of hydrogen-bond donors (Lipinski definition) is 0. The maximum atomic E-state index is 13.2. The van der Waals surface area contributed by atoms with Crippen LogP contribution in [0.15, 0.2) is 52.6 Å². The van der Waals surface area contributed by atoms with Crippen LogP contribution in [0.25, 0.3) is 20.4 Å². The van der Waals surface area contributed by atoms with Gasteiger partial charge in [0.25, 0.3) is 5.91 Å². The van der Waals surface area contributed by atoms with Crippen LogP contribution >= 0.6 is 34.4 Å². The second-order valence-electron chi connectivity index (χ2n) is 7.01. The Balaban J connectivity index is 1.60. The van der Waals surface area contributed by atoms with Crippen molar-refractivity contribution in [3.63, 3.8) is 0 Å². The van der Waals surface area contributed by atoms with Gasteiger partial charge in [-0.2, -0.15) is 4.99 Å². The summed E-state index contributed by atoms with van der Waals surface area (Å²) >= 11 is 4.26. The summed E-state index contributed by atoms with van der Waals surface area (Å²) in [4.78, 5) is 29.3. The zero-order valence-corrected chi connectivity index (χ0v) is 19.5. The van der Waals surface area contributed by atoms with Crippen molar-refractivity contribution in [2.45, 2.75) is 20.8 Å². The van der Waals surface area contributed by atoms with Gasteiger partial charge in [-0.3, -0.25) is 4.79 Å². The number of rotatable bonds is 4. The molecule has 0 radical (unpaired) electrons. The number of amides is 1. The average Bonchev–Trinajstić information content (AvgIpc) is 3.40. The molecule has 0 atom stereocenters. The van der Waals surface area contributed by atoms with Gasteiger partial charge >= 0.3 is 0 Å². The molecule has 0 unspecified atom stereocenters. The van der Waals surface area contributed by atoms with Gasteiger partial charge < -0.3 is 4.74 Å². The fourth-order valence-electron chi connectivity index (χ4n) is 3.12. The topological polar surface area (TPSA) is 67.7 Å². The van der Waals surface area contributed by atoms with Crippen LogP contribution in [0.2, 0.25) is 0 Å². The zero-order chi connectivity index (χ0) is 21.5. The molecule has 0 saturated carbocycles. The van der Waals surface area contributed by atoms with E-state index in [4.69, 9.17) is 14.7 Å². The SMILES string of the molecule is CCO/C=C1\S/C(=N\c2nc3ccc(C)cc3s2)N(c2nc3ccc(C)cc3s2)C1=O. The van der Waals surface area contributed by atoms with Gasteiger partial charge in [-0.25, -0.2) is 14.9 Å². The molecule has 0 spiro atoms. The normalized spacial score (nSPS) is 17.0. The van der Waals surface area contributed by atoms with Gasteiger partial charge in [0.15, 0.2) is 10.3 Å². The van der Waals surface area contributed by atoms with Gasteiger partial charge in [-0.15, -0.1) is 0 Å². The van der Waals surface area contributed by atoms with E-state index in [1.165, 1.54) is 46.3 Å². The second-order valence-corrected chi connectivity index (χ2v) is 10.0. The Morgan fingerprint density at radius 1 is 1.03 bits per heavy atom. The van der Waals surface area contributed by atoms with Gasteiger partial charge in [-0.1, -0.05) is 34.8 Å². The molecular weight excluding hydrogens is 448 g/mol. The number of fused-ring (bicyclic) bond motifs is 2. The van der Waals surface area contributed by atoms with Crippen LogP contribution < -0.4 is 4.90 Å². The van der Waals surface area contributed by atoms with Crippen molar-refractivity contribution in [3.05, 3.63) is 58.7 Å². The smallest absolute Gasteiger partial charge is 0.276 e. The Hall–Kier alpha value is -2.75. The number of carbonyl (C=O) groups excluding carboxylic acids is 1. The number of anilines is 1. The molecule has 0 N–H and O–H groups in total. The molecule has 5 rings (SSSR count). The number of thioether (sulfide) groups is 1. The van der Waals surface area contributed by atoms with Crippen molar-refractivity contribution in [2.24, 2.45) is 4.99 Å². The second kappa shape index (κ2) is 8.07. The van der Waals surface area contributed by atoms with Gasteiger partial charge in [0.2, 0.25) is 5.13 Å². The lowest BCUT2D eigenvalue weighted by Gasteiger charge is -2.10. The highest BCUT2D eigenvalue weighted by Crippen LogP contribution is 2.40. The van der Waals surface area contributed by atoms with E-state index in [0.29, 0.717) is 26.9 Å². The zero-order valence-electron chi connectivity index (χ0n) is 17.1. The first kappa shape index (κ1) is 20.2. The van der Waals surface area contributed by atoms with E-state index < -0.39 is 0 Å². The molecule has 2 aromatic carbocycles. The summed E-state index contributed by atoms with van der Waals surface area (Å²) in [5.74, 6) is -0.190. The number of amidine groups is 1. The number of aromatic nitrogens is 2. The average molecular weight is 467 g/mol. The van der Waals surface area contributed by atoms with Crippen LogP contribution in [0.3, 0.4) is 0 Å². The molecule has 156 valence electrons. The first-order valence-electron chi connectivity index (χ1n) is 9.69. The van der Waals surface area contributed by atoms with Crippen molar-refractivity contribution < 1.29 is 9.53 Å². The summed E-state index contributed by atoms with van der Waals surface area (Å²) in [6.07, 6.45) is 1.50. The predicted molar refractivity (Wildman–Crippen MR) is 131 cm³/mol. The molecule has 2 aromatic heterocycles. The Labute approximate surface area is 191 Å². The van der Waals surface area contributed by atoms with Crippen molar-refractivity contribution >= 4 is 76.2 Å². The fraction of sp³-hybridized carbons (Fsp3) is 0.182. The monoisotopic (exact) mass is 466 g/mol. The molecule has 3 heterocycles. The minimum Gasteiger partial charge on any atom is -0.500 e. The Bertz CT molecular complexity index is 1390. The molecule has 1 aliphatic heterocycles. The third-order valence-corrected chi connectivity index (χ3v) is 7.47. The van der Waals surface area contributed by atoms with Crippen molar-refractivity contribution in [3.8, 4) is 0 Å². The number of hydrogen-bond acceptors (Lipinski definition) is 8. The van der Waals surface area contributed by atoms with E-state index in [1.807, 2.05) is 38.1 Å². The Kier molecular flexibility index (Phi) is 5.25. The first-order valence-corrected chi connectivity index (χ1v) is 12.1. The van der Waals surface area contributed by atoms with Crippen molar-refractivity contribution in [1.82, 2.24) is 9.97 Å². The summed E-state index contributed by atoms with van der Waals surface area (Å²) in [5.41, 5.74) is 4.09. The number of thiazole rings is 2. The summed E-state index contributed by atoms with van der Waals surface area (Å²) in [6.45, 7) is 6.46. The van der Waals surface area contributed by atoms with Crippen molar-refractivity contribution in [2.75, 3.05) is 11.5 Å². The highest BCUT2D eigenvalue weighted by atomic mass is 32.2. The summed E-state index contributed by atoms with van der Waals surface area (Å²) in [5, 5.41) is 1.73. The van der Waals surface area contributed by atoms with Crippen LogP contribution in [-0.2, 0) is 9.53 Å². The molecule has 1 saturated heterocycles. The standard InChI is InChI=1S/C22H18N4O2S3/c1-4-28-11-18-19(27)26(21-24-15-8-6-13(3)10-17(15)30-21)22(31-18)25-20-23-14-7-5-12(2)9-16(14)29-20/h5-11H,4H2,1-3H3/b18-11-,25-22-. The van der Waals surface area contributed by atoms with E-state index in [9.17, 15) is 4.79 Å². The Morgan fingerprint density at radius 2 is 1.71 bits per heavy atom. The van der Waals surface area contributed by atoms with Crippen LogP contribution in [0.4, 0.5) is 10.3 Å². The van der Waals surface area contributed by atoms with Crippen molar-refractivity contribution in [1.29, 1.82) is 0 Å². The molecule has 0 bridgehead atoms. The summed E-state index contributed by atoms with van der Waals surface area (Å²) in [6, 6.07) is 12.2. The quantitative estimate of drug-likeness (QED) is 0.266. The molecular formula is C22H18N4O2S3. The number of carbonyl (C=O) groups is 1. The number of ether oxygens (including phenoxy) is 1. The molecule has 1 fully saturated rings. The lowest BCUT2D eigenvalue weighted by atomic mass is 10.2. The number of aryl methyl sites for hydroxylation is 2. The molecule has 6 nitrogen and oxygen atoms in total. The molecule has 0 aliphatic carbocycles. The van der Waals surface area contributed by atoms with E-state index in [-0.39, 0.29) is 5.91 Å². The number of nitrogens with zero attached hydrogens (tertiary/aromatic N) is 4. The summed E-state index contributed by atoms with van der Waals surface area (Å²) < 4.78 is 7.49. The predicted octanol–water partition coefficient (Wildman–Crippen LogP) is 6.17. The first-order chi connectivity index (χ1) is 15.0. The van der Waals surface area contributed by atoms with E-state index in [2.05, 4.69) is 24.0 Å². The maximum Gasteiger partial charge on any atom is 0.276 e. The minimum absolute atomic E-state index is 0.190. The number of aliphatic imine (C=N–C) groups is 1. The van der Waals surface area contributed by atoms with Gasteiger partial charge in [-0.05, 0) is 67.9 Å². The number of benzene rings is 2. The van der Waals surface area contributed by atoms with Crippen LogP contribution in [0.5, 0.6) is 0 Å². The highest BCUT2D eigenvalue weighted by Gasteiger charge is 2.37. The third kappa shape index (κ3) is 3.84. The molecule has 9 heteroatoms. The minimum atomic E-state index is -0.190. The molecule has 31 heavy (non-hydrogen) atoms. The third-order valence-electron chi connectivity index (χ3n) is 4.61. The van der Waals surface area contributed by atoms with Crippen LogP contribution in [-0.4, -0.2) is 27.6 Å². The molecule has 1 amide bonds. The Morgan fingerprint density at radius 3 is 2.42 bits per heavy atom. The maximum absolute atomic E-state index is 13.2.